The highest BCUT2D eigenvalue weighted by atomic mass is 16.1. The van der Waals surface area contributed by atoms with Crippen molar-refractivity contribution >= 4 is 23.4 Å². The molecule has 9 nitrogen and oxygen atoms in total. The summed E-state index contributed by atoms with van der Waals surface area (Å²) in [6, 6.07) is 9.84. The van der Waals surface area contributed by atoms with Gasteiger partial charge in [0.1, 0.15) is 11.4 Å². The Bertz CT molecular complexity index is 1030. The quantitative estimate of drug-likeness (QED) is 0.493. The molecule has 30 heavy (non-hydrogen) atoms. The van der Waals surface area contributed by atoms with Crippen molar-refractivity contribution < 1.29 is 4.79 Å². The Balaban J connectivity index is 1.55. The molecule has 9 heteroatoms. The van der Waals surface area contributed by atoms with E-state index in [1.165, 1.54) is 6.20 Å². The Hall–Kier alpha value is -3.46. The van der Waals surface area contributed by atoms with Crippen LogP contribution in [-0.4, -0.2) is 37.7 Å². The average Bonchev–Trinajstić information content (AvgIpc) is 3.17. The van der Waals surface area contributed by atoms with Crippen LogP contribution in [0.2, 0.25) is 0 Å². The molecule has 4 rings (SSSR count). The van der Waals surface area contributed by atoms with Crippen molar-refractivity contribution in [2.24, 2.45) is 18.5 Å². The maximum absolute atomic E-state index is 11.9. The summed E-state index contributed by atoms with van der Waals surface area (Å²) in [7, 11) is 1.88. The second-order valence-corrected chi connectivity index (χ2v) is 7.60. The molecule has 3 aromatic rings. The van der Waals surface area contributed by atoms with Crippen LogP contribution >= 0.6 is 0 Å². The van der Waals surface area contributed by atoms with Gasteiger partial charge in [0, 0.05) is 42.8 Å². The molecule has 1 fully saturated rings. The third kappa shape index (κ3) is 4.41. The van der Waals surface area contributed by atoms with E-state index in [2.05, 4.69) is 25.7 Å². The third-order valence-corrected chi connectivity index (χ3v) is 5.35. The van der Waals surface area contributed by atoms with Crippen LogP contribution in [0.5, 0.6) is 0 Å². The number of hydrogen-bond donors (Lipinski definition) is 4. The third-order valence-electron chi connectivity index (χ3n) is 5.35. The van der Waals surface area contributed by atoms with E-state index in [9.17, 15) is 4.79 Å². The number of aryl methyl sites for hydroxylation is 1. The van der Waals surface area contributed by atoms with Gasteiger partial charge in [-0.3, -0.25) is 9.48 Å². The van der Waals surface area contributed by atoms with Crippen LogP contribution in [0.15, 0.2) is 42.7 Å². The minimum atomic E-state index is -0.594. The van der Waals surface area contributed by atoms with Crippen LogP contribution in [0.25, 0.3) is 11.3 Å². The zero-order chi connectivity index (χ0) is 21.1. The lowest BCUT2D eigenvalue weighted by Crippen LogP contribution is -2.43. The molecule has 0 radical (unpaired) electrons. The van der Waals surface area contributed by atoms with Gasteiger partial charge >= 0.3 is 0 Å². The first-order chi connectivity index (χ1) is 14.5. The van der Waals surface area contributed by atoms with E-state index in [1.807, 2.05) is 43.6 Å². The van der Waals surface area contributed by atoms with Crippen molar-refractivity contribution in [3.8, 4) is 11.3 Å². The molecule has 156 valence electrons. The molecule has 1 aromatic carbocycles. The van der Waals surface area contributed by atoms with E-state index in [0.717, 1.165) is 42.6 Å². The molecular formula is C21H26N8O. The summed E-state index contributed by atoms with van der Waals surface area (Å²) < 4.78 is 1.76. The summed E-state index contributed by atoms with van der Waals surface area (Å²) in [5.74, 6) is 0.188. The van der Waals surface area contributed by atoms with Gasteiger partial charge in [0.25, 0.3) is 5.91 Å². The topological polar surface area (TPSA) is 137 Å². The number of benzene rings is 1. The van der Waals surface area contributed by atoms with Crippen molar-refractivity contribution in [1.29, 1.82) is 0 Å². The summed E-state index contributed by atoms with van der Waals surface area (Å²) in [6.07, 6.45) is 7.55. The van der Waals surface area contributed by atoms with Crippen molar-refractivity contribution in [3.63, 3.8) is 0 Å². The fraction of sp³-hybridized carbons (Fsp3) is 0.333. The van der Waals surface area contributed by atoms with Gasteiger partial charge in [0.2, 0.25) is 5.95 Å². The van der Waals surface area contributed by atoms with Gasteiger partial charge in [-0.05, 0) is 31.0 Å². The molecule has 1 saturated carbocycles. The number of aromatic nitrogens is 4. The van der Waals surface area contributed by atoms with Crippen molar-refractivity contribution in [2.45, 2.75) is 37.8 Å². The minimum Gasteiger partial charge on any atom is -0.365 e. The smallest absolute Gasteiger partial charge is 0.254 e. The van der Waals surface area contributed by atoms with E-state index < -0.39 is 5.91 Å². The van der Waals surface area contributed by atoms with Gasteiger partial charge in [0.15, 0.2) is 0 Å². The normalized spacial score (nSPS) is 18.7. The molecular weight excluding hydrogens is 380 g/mol. The maximum atomic E-state index is 11.9. The molecule has 0 aliphatic heterocycles. The number of nitrogens with zero attached hydrogens (tertiary/aromatic N) is 4. The maximum Gasteiger partial charge on any atom is 0.254 e. The van der Waals surface area contributed by atoms with E-state index in [1.54, 1.807) is 4.68 Å². The standard InChI is InChI=1S/C21H26N8O/c1-29-11-10-17(28-29)13-6-8-14(9-7-13)25-20-15(19(23)30)12-24-21(27-20)26-18-5-3-2-4-16(18)22/h6-12,16,18H,2-5,22H2,1H3,(H2,23,30)(H2,24,25,26,27)/t16-,18+/m0/s1. The van der Waals surface area contributed by atoms with Crippen LogP contribution in [0.3, 0.4) is 0 Å². The first-order valence-electron chi connectivity index (χ1n) is 10.1. The number of hydrogen-bond acceptors (Lipinski definition) is 7. The van der Waals surface area contributed by atoms with Gasteiger partial charge in [-0.2, -0.15) is 10.1 Å². The van der Waals surface area contributed by atoms with Gasteiger partial charge < -0.3 is 22.1 Å². The van der Waals surface area contributed by atoms with E-state index in [-0.39, 0.29) is 17.6 Å². The van der Waals surface area contributed by atoms with Crippen molar-refractivity contribution in [1.82, 2.24) is 19.7 Å². The van der Waals surface area contributed by atoms with E-state index in [4.69, 9.17) is 11.5 Å². The lowest BCUT2D eigenvalue weighted by atomic mass is 9.91. The molecule has 2 heterocycles. The van der Waals surface area contributed by atoms with E-state index in [0.29, 0.717) is 11.8 Å². The predicted octanol–water partition coefficient (Wildman–Crippen LogP) is 2.40. The number of rotatable bonds is 6. The highest BCUT2D eigenvalue weighted by molar-refractivity contribution is 5.98. The first kappa shape index (κ1) is 19.8. The Morgan fingerprint density at radius 2 is 1.93 bits per heavy atom. The monoisotopic (exact) mass is 406 g/mol. The SMILES string of the molecule is Cn1ccc(-c2ccc(Nc3nc(N[C@@H]4CCCC[C@@H]4N)ncc3C(N)=O)cc2)n1. The van der Waals surface area contributed by atoms with Crippen molar-refractivity contribution in [3.05, 3.63) is 48.3 Å². The molecule has 2 atom stereocenters. The van der Waals surface area contributed by atoms with Crippen LogP contribution in [0.1, 0.15) is 36.0 Å². The molecule has 1 aliphatic rings. The van der Waals surface area contributed by atoms with Crippen LogP contribution < -0.4 is 22.1 Å². The number of nitrogens with one attached hydrogen (secondary N) is 2. The molecule has 0 saturated heterocycles. The Labute approximate surface area is 174 Å². The minimum absolute atomic E-state index is 0.0636. The number of amides is 1. The zero-order valence-corrected chi connectivity index (χ0v) is 16.9. The zero-order valence-electron chi connectivity index (χ0n) is 16.9. The Morgan fingerprint density at radius 1 is 1.17 bits per heavy atom. The highest BCUT2D eigenvalue weighted by Crippen LogP contribution is 2.25. The van der Waals surface area contributed by atoms with E-state index >= 15 is 0 Å². The Kier molecular flexibility index (Phi) is 5.62. The van der Waals surface area contributed by atoms with Gasteiger partial charge in [-0.15, -0.1) is 0 Å². The van der Waals surface area contributed by atoms with Gasteiger partial charge in [-0.1, -0.05) is 25.0 Å². The highest BCUT2D eigenvalue weighted by Gasteiger charge is 2.23. The summed E-state index contributed by atoms with van der Waals surface area (Å²) in [5.41, 5.74) is 14.6. The number of carbonyl (C=O) groups excluding carboxylic acids is 1. The molecule has 1 aliphatic carbocycles. The lowest BCUT2D eigenvalue weighted by molar-refractivity contribution is 0.100. The number of nitrogens with two attached hydrogens (primary N) is 2. The largest absolute Gasteiger partial charge is 0.365 e. The molecule has 1 amide bonds. The summed E-state index contributed by atoms with van der Waals surface area (Å²) in [6.45, 7) is 0. The average molecular weight is 406 g/mol. The summed E-state index contributed by atoms with van der Waals surface area (Å²) >= 11 is 0. The van der Waals surface area contributed by atoms with Gasteiger partial charge in [0.05, 0.1) is 5.69 Å². The Morgan fingerprint density at radius 3 is 2.60 bits per heavy atom. The second kappa shape index (κ2) is 8.50. The van der Waals surface area contributed by atoms with Gasteiger partial charge in [-0.25, -0.2) is 4.98 Å². The lowest BCUT2D eigenvalue weighted by Gasteiger charge is -2.29. The van der Waals surface area contributed by atoms with Crippen LogP contribution in [0, 0.1) is 0 Å². The van der Waals surface area contributed by atoms with Crippen LogP contribution in [-0.2, 0) is 7.05 Å². The predicted molar refractivity (Wildman–Crippen MR) is 116 cm³/mol. The summed E-state index contributed by atoms with van der Waals surface area (Å²) in [4.78, 5) is 20.6. The molecule has 6 N–H and O–H groups in total. The van der Waals surface area contributed by atoms with Crippen molar-refractivity contribution in [2.75, 3.05) is 10.6 Å². The number of anilines is 3. The molecule has 0 unspecified atom stereocenters. The first-order valence-corrected chi connectivity index (χ1v) is 10.1. The number of carbonyl (C=O) groups is 1. The molecule has 0 spiro atoms. The number of primary amides is 1. The molecule has 2 aromatic heterocycles. The fourth-order valence-corrected chi connectivity index (χ4v) is 3.66. The second-order valence-electron chi connectivity index (χ2n) is 7.60. The molecule has 0 bridgehead atoms. The fourth-order valence-electron chi connectivity index (χ4n) is 3.66. The van der Waals surface area contributed by atoms with Crippen LogP contribution in [0.4, 0.5) is 17.5 Å². The summed E-state index contributed by atoms with van der Waals surface area (Å²) in [5, 5.41) is 10.9.